The Balaban J connectivity index is 1.34. The monoisotopic (exact) mass is 567 g/mol. The highest BCUT2D eigenvalue weighted by Gasteiger charge is 2.71. The van der Waals surface area contributed by atoms with Crippen molar-refractivity contribution in [1.29, 1.82) is 5.41 Å². The molecule has 5 aliphatic carbocycles. The molecular formula is C32H40FN2O4S+. The van der Waals surface area contributed by atoms with Crippen LogP contribution in [-0.4, -0.2) is 34.1 Å². The molecule has 4 saturated carbocycles. The van der Waals surface area contributed by atoms with E-state index in [9.17, 15) is 19.1 Å². The zero-order chi connectivity index (χ0) is 28.6. The molecule has 0 radical (unpaired) electrons. The van der Waals surface area contributed by atoms with Crippen LogP contribution in [-0.2, 0) is 14.3 Å². The lowest BCUT2D eigenvalue weighted by atomic mass is 9.44. The highest BCUT2D eigenvalue weighted by Crippen LogP contribution is 2.69. The fourth-order valence-corrected chi connectivity index (χ4v) is 9.70. The molecule has 0 aromatic heterocycles. The van der Waals surface area contributed by atoms with E-state index in [1.54, 1.807) is 12.1 Å². The van der Waals surface area contributed by atoms with E-state index in [1.165, 1.54) is 23.9 Å². The Kier molecular flexibility index (Phi) is 6.71. The van der Waals surface area contributed by atoms with Crippen molar-refractivity contribution in [3.63, 3.8) is 0 Å². The van der Waals surface area contributed by atoms with Crippen molar-refractivity contribution in [2.75, 3.05) is 0 Å². The average Bonchev–Trinajstić information content (AvgIpc) is 3.70. The fourth-order valence-electron chi connectivity index (χ4n) is 9.29. The van der Waals surface area contributed by atoms with Crippen LogP contribution in [0.5, 0.6) is 0 Å². The van der Waals surface area contributed by atoms with Crippen LogP contribution in [0.3, 0.4) is 0 Å². The van der Waals surface area contributed by atoms with E-state index >= 15 is 0 Å². The van der Waals surface area contributed by atoms with Gasteiger partial charge in [-0.1, -0.05) is 26.3 Å². The molecule has 8 heteroatoms. The number of thiol groups is 1. The summed E-state index contributed by atoms with van der Waals surface area (Å²) in [5.74, 6) is -0.242. The van der Waals surface area contributed by atoms with E-state index < -0.39 is 22.2 Å². The summed E-state index contributed by atoms with van der Waals surface area (Å²) < 4.78 is 19.6. The van der Waals surface area contributed by atoms with Crippen molar-refractivity contribution >= 4 is 35.6 Å². The third-order valence-electron chi connectivity index (χ3n) is 11.3. The van der Waals surface area contributed by atoms with E-state index in [2.05, 4.69) is 32.6 Å². The number of nitrogens with one attached hydrogen (secondary N) is 1. The molecule has 6 nitrogen and oxygen atoms in total. The SMILES string of the molecule is CC1CC2C(C(O)CC3(C)C2CCC3(OC(=O)C2CC2)C(=O)S)C2(C)CC(C=N)=C([NH2+]c3ccc(F)cc3)C=C12. The predicted octanol–water partition coefficient (Wildman–Crippen LogP) is 4.86. The van der Waals surface area contributed by atoms with Crippen LogP contribution in [0.1, 0.15) is 65.7 Å². The Hall–Kier alpha value is -2.29. The number of carbonyl (C=O) groups excluding carboxylic acids is 2. The van der Waals surface area contributed by atoms with Crippen LogP contribution in [0.15, 0.2) is 47.2 Å². The first-order valence-electron chi connectivity index (χ1n) is 14.6. The molecule has 40 heavy (non-hydrogen) atoms. The number of nitrogens with two attached hydrogens (primary N) is 1. The van der Waals surface area contributed by atoms with E-state index in [0.29, 0.717) is 19.3 Å². The van der Waals surface area contributed by atoms with E-state index in [1.807, 2.05) is 12.2 Å². The summed E-state index contributed by atoms with van der Waals surface area (Å²) >= 11 is 4.29. The van der Waals surface area contributed by atoms with Gasteiger partial charge in [-0.15, -0.1) is 12.6 Å². The molecule has 0 heterocycles. The van der Waals surface area contributed by atoms with Crippen molar-refractivity contribution in [2.24, 2.45) is 40.4 Å². The van der Waals surface area contributed by atoms with Gasteiger partial charge in [0, 0.05) is 29.3 Å². The standard InChI is InChI=1S/C32H39FN2O4S/c1-17-12-22-23-10-11-32(29(38)40,39-28(37)18-4-5-18)31(23,3)15-26(36)27(22)30(2)14-19(16-34)25(13-24(17)30)35-21-8-6-20(33)7-9-21/h6-9,13,16-18,22-23,26-27,34-36H,4-5,10-12,14-15H2,1-3H3,(H,38,40)/p+1. The number of benzene rings is 1. The number of rotatable bonds is 6. The first-order valence-corrected chi connectivity index (χ1v) is 15.1. The van der Waals surface area contributed by atoms with Gasteiger partial charge in [-0.05, 0) is 92.2 Å². The Morgan fingerprint density at radius 1 is 1.20 bits per heavy atom. The number of allylic oxidation sites excluding steroid dienone is 3. The van der Waals surface area contributed by atoms with Crippen molar-refractivity contribution in [1.82, 2.24) is 0 Å². The number of ether oxygens (including phenoxy) is 1. The average molecular weight is 568 g/mol. The molecule has 1 aromatic rings. The maximum Gasteiger partial charge on any atom is 0.309 e. The highest BCUT2D eigenvalue weighted by molar-refractivity contribution is 7.96. The van der Waals surface area contributed by atoms with E-state index in [4.69, 9.17) is 10.1 Å². The quantitative estimate of drug-likeness (QED) is 0.171. The summed E-state index contributed by atoms with van der Waals surface area (Å²) in [5, 5.41) is 21.8. The summed E-state index contributed by atoms with van der Waals surface area (Å²) in [5.41, 5.74) is 1.67. The van der Waals surface area contributed by atoms with Crippen molar-refractivity contribution in [2.45, 2.75) is 77.4 Å². The number of carbonyl (C=O) groups is 2. The van der Waals surface area contributed by atoms with Gasteiger partial charge >= 0.3 is 5.97 Å². The Bertz CT molecular complexity index is 1320. The molecule has 4 fully saturated rings. The number of fused-ring (bicyclic) bond motifs is 5. The van der Waals surface area contributed by atoms with E-state index in [-0.39, 0.29) is 46.8 Å². The molecule has 1 aromatic carbocycles. The maximum absolute atomic E-state index is 13.5. The van der Waals surface area contributed by atoms with Crippen molar-refractivity contribution in [3.8, 4) is 0 Å². The molecule has 8 atom stereocenters. The van der Waals surface area contributed by atoms with Gasteiger partial charge in [0.25, 0.3) is 0 Å². The van der Waals surface area contributed by atoms with Gasteiger partial charge in [0.15, 0.2) is 5.60 Å². The van der Waals surface area contributed by atoms with E-state index in [0.717, 1.165) is 42.6 Å². The molecule has 0 bridgehead atoms. The van der Waals surface area contributed by atoms with Gasteiger partial charge in [0.05, 0.1) is 12.0 Å². The summed E-state index contributed by atoms with van der Waals surface area (Å²) in [4.78, 5) is 26.0. The summed E-state index contributed by atoms with van der Waals surface area (Å²) in [6.07, 6.45) is 7.62. The second-order valence-corrected chi connectivity index (χ2v) is 13.9. The molecule has 6 rings (SSSR count). The summed E-state index contributed by atoms with van der Waals surface area (Å²) in [7, 11) is 0. The Morgan fingerprint density at radius 2 is 1.90 bits per heavy atom. The molecule has 4 N–H and O–H groups in total. The second-order valence-electron chi connectivity index (χ2n) is 13.5. The van der Waals surface area contributed by atoms with Gasteiger partial charge in [-0.25, -0.2) is 4.39 Å². The lowest BCUT2D eigenvalue weighted by Crippen LogP contribution is -2.76. The Labute approximate surface area is 240 Å². The molecule has 0 saturated heterocycles. The van der Waals surface area contributed by atoms with Crippen LogP contribution in [0.4, 0.5) is 10.1 Å². The molecule has 0 spiro atoms. The first kappa shape index (κ1) is 27.9. The van der Waals surface area contributed by atoms with Crippen LogP contribution < -0.4 is 5.32 Å². The molecule has 0 aliphatic heterocycles. The summed E-state index contributed by atoms with van der Waals surface area (Å²) in [6, 6.07) is 6.37. The van der Waals surface area contributed by atoms with Crippen molar-refractivity contribution in [3.05, 3.63) is 53.0 Å². The minimum atomic E-state index is -1.31. The fraction of sp³-hybridized carbons (Fsp3) is 0.594. The number of aliphatic hydroxyl groups is 1. The van der Waals surface area contributed by atoms with Crippen LogP contribution >= 0.6 is 12.6 Å². The predicted molar refractivity (Wildman–Crippen MR) is 152 cm³/mol. The topological polar surface area (TPSA) is 104 Å². The molecule has 5 aliphatic rings. The number of hydrogen-bond donors (Lipinski definition) is 4. The van der Waals surface area contributed by atoms with Crippen LogP contribution in [0, 0.1) is 51.6 Å². The lowest BCUT2D eigenvalue weighted by Gasteiger charge is -2.61. The van der Waals surface area contributed by atoms with Crippen LogP contribution in [0.25, 0.3) is 0 Å². The molecular weight excluding hydrogens is 527 g/mol. The number of aliphatic hydroxyl groups excluding tert-OH is 1. The minimum Gasteiger partial charge on any atom is -0.449 e. The third-order valence-corrected chi connectivity index (χ3v) is 11.6. The Morgan fingerprint density at radius 3 is 2.52 bits per heavy atom. The maximum atomic E-state index is 13.5. The smallest absolute Gasteiger partial charge is 0.309 e. The van der Waals surface area contributed by atoms with Gasteiger partial charge in [0.1, 0.15) is 17.2 Å². The molecule has 214 valence electrons. The zero-order valence-corrected chi connectivity index (χ0v) is 24.3. The molecule has 0 amide bonds. The number of hydrogen-bond acceptors (Lipinski definition) is 5. The van der Waals surface area contributed by atoms with Gasteiger partial charge in [0.2, 0.25) is 5.12 Å². The third kappa shape index (κ3) is 4.08. The highest BCUT2D eigenvalue weighted by atomic mass is 32.1. The van der Waals surface area contributed by atoms with Crippen LogP contribution in [0.2, 0.25) is 0 Å². The van der Waals surface area contributed by atoms with Crippen molar-refractivity contribution < 1.29 is 29.1 Å². The minimum absolute atomic E-state index is 0.0414. The number of quaternary nitrogens is 1. The largest absolute Gasteiger partial charge is 0.449 e. The van der Waals surface area contributed by atoms with Gasteiger partial charge in [-0.3, -0.25) is 14.9 Å². The zero-order valence-electron chi connectivity index (χ0n) is 23.5. The normalized spacial score (nSPS) is 40.5. The lowest BCUT2D eigenvalue weighted by molar-refractivity contribution is -0.513. The second kappa shape index (κ2) is 9.63. The molecule has 8 unspecified atom stereocenters. The first-order chi connectivity index (χ1) is 18.9. The number of esters is 1. The number of halogens is 1. The van der Waals surface area contributed by atoms with Gasteiger partial charge in [-0.2, -0.15) is 0 Å². The summed E-state index contributed by atoms with van der Waals surface area (Å²) in [6.45, 7) is 6.51. The van der Waals surface area contributed by atoms with Gasteiger partial charge < -0.3 is 15.3 Å².